The molecule has 1 aromatic heterocycles. The normalized spacial score (nSPS) is 20.5. The van der Waals surface area contributed by atoms with Crippen LogP contribution in [0, 0.1) is 11.8 Å². The fourth-order valence-corrected chi connectivity index (χ4v) is 7.91. The van der Waals surface area contributed by atoms with Gasteiger partial charge in [-0.05, 0) is 81.6 Å². The molecule has 1 aromatic carbocycles. The maximum absolute atomic E-state index is 12.7. The maximum atomic E-state index is 12.7. The van der Waals surface area contributed by atoms with E-state index in [9.17, 15) is 13.5 Å². The number of rotatable bonds is 7. The van der Waals surface area contributed by atoms with Gasteiger partial charge in [0, 0.05) is 42.5 Å². The fraction of sp³-hybridized carbons (Fsp3) is 0.583. The van der Waals surface area contributed by atoms with Gasteiger partial charge < -0.3 is 10.0 Å². The third-order valence-corrected chi connectivity index (χ3v) is 10.7. The number of anilines is 1. The molecule has 3 heterocycles. The first-order chi connectivity index (χ1) is 15.8. The number of hydrogen-bond donors (Lipinski definition) is 1. The molecular formula is C24H34ClN3O3S2. The van der Waals surface area contributed by atoms with Crippen LogP contribution in [0.2, 0.25) is 5.02 Å². The van der Waals surface area contributed by atoms with Crippen molar-refractivity contribution in [3.63, 3.8) is 0 Å². The van der Waals surface area contributed by atoms with Gasteiger partial charge in [-0.2, -0.15) is 4.31 Å². The molecule has 0 radical (unpaired) electrons. The Morgan fingerprint density at radius 2 is 1.73 bits per heavy atom. The monoisotopic (exact) mass is 511 g/mol. The zero-order valence-corrected chi connectivity index (χ0v) is 21.7. The number of sulfonamides is 1. The third kappa shape index (κ3) is 5.74. The number of hydrogen-bond acceptors (Lipinski definition) is 6. The molecule has 1 unspecified atom stereocenters. The Balaban J connectivity index is 1.25. The summed E-state index contributed by atoms with van der Waals surface area (Å²) in [6, 6.07) is 9.44. The van der Waals surface area contributed by atoms with Crippen LogP contribution in [0.4, 0.5) is 5.69 Å². The largest absolute Gasteiger partial charge is 0.374 e. The number of piperidine rings is 2. The number of aliphatic hydroxyl groups excluding tert-OH is 1. The molecule has 33 heavy (non-hydrogen) atoms. The quantitative estimate of drug-likeness (QED) is 0.548. The van der Waals surface area contributed by atoms with Gasteiger partial charge >= 0.3 is 0 Å². The topological polar surface area (TPSA) is 64.1 Å². The second kappa shape index (κ2) is 10.6. The van der Waals surface area contributed by atoms with Crippen molar-refractivity contribution in [2.24, 2.45) is 11.8 Å². The van der Waals surface area contributed by atoms with Crippen molar-refractivity contribution in [3.05, 3.63) is 46.3 Å². The van der Waals surface area contributed by atoms with Gasteiger partial charge in [-0.15, -0.1) is 11.3 Å². The van der Waals surface area contributed by atoms with E-state index in [4.69, 9.17) is 11.6 Å². The van der Waals surface area contributed by atoms with Crippen molar-refractivity contribution in [3.8, 4) is 0 Å². The van der Waals surface area contributed by atoms with Crippen molar-refractivity contribution in [2.45, 2.75) is 42.5 Å². The molecular weight excluding hydrogens is 478 g/mol. The number of thiophene rings is 1. The summed E-state index contributed by atoms with van der Waals surface area (Å²) in [4.78, 5) is 4.11. The van der Waals surface area contributed by atoms with E-state index in [-0.39, 0.29) is 0 Å². The molecule has 0 amide bonds. The first-order valence-electron chi connectivity index (χ1n) is 11.7. The van der Waals surface area contributed by atoms with Crippen molar-refractivity contribution in [1.82, 2.24) is 9.21 Å². The van der Waals surface area contributed by atoms with E-state index in [1.165, 1.54) is 17.8 Å². The Morgan fingerprint density at radius 1 is 1.09 bits per heavy atom. The van der Waals surface area contributed by atoms with Gasteiger partial charge in [-0.1, -0.05) is 23.7 Å². The van der Waals surface area contributed by atoms with E-state index in [1.807, 2.05) is 31.6 Å². The van der Waals surface area contributed by atoms with Gasteiger partial charge in [0.25, 0.3) is 10.0 Å². The molecule has 0 saturated carbocycles. The van der Waals surface area contributed by atoms with Crippen molar-refractivity contribution in [2.75, 3.05) is 45.2 Å². The minimum absolute atomic E-state index is 0.456. The number of aliphatic hydroxyl groups is 1. The van der Waals surface area contributed by atoms with Crippen molar-refractivity contribution >= 4 is 38.6 Å². The molecule has 0 aliphatic carbocycles. The van der Waals surface area contributed by atoms with E-state index >= 15 is 0 Å². The summed E-state index contributed by atoms with van der Waals surface area (Å²) >= 11 is 7.76. The van der Waals surface area contributed by atoms with Gasteiger partial charge in [0.1, 0.15) is 10.4 Å². The van der Waals surface area contributed by atoms with Crippen LogP contribution in [-0.4, -0.2) is 63.0 Å². The Bertz CT molecular complexity index is 1010. The van der Waals surface area contributed by atoms with Crippen LogP contribution in [0.15, 0.2) is 39.9 Å². The predicted octanol–water partition coefficient (Wildman–Crippen LogP) is 4.66. The molecule has 2 saturated heterocycles. The van der Waals surface area contributed by atoms with Crippen LogP contribution in [0.5, 0.6) is 0 Å². The van der Waals surface area contributed by atoms with Gasteiger partial charge in [-0.25, -0.2) is 8.42 Å². The molecule has 0 spiro atoms. The minimum Gasteiger partial charge on any atom is -0.374 e. The Labute approximate surface area is 206 Å². The first-order valence-corrected chi connectivity index (χ1v) is 14.4. The minimum atomic E-state index is -3.31. The van der Waals surface area contributed by atoms with E-state index in [0.29, 0.717) is 34.2 Å². The van der Waals surface area contributed by atoms with E-state index in [0.717, 1.165) is 50.0 Å². The van der Waals surface area contributed by atoms with Gasteiger partial charge in [0.15, 0.2) is 0 Å². The first kappa shape index (κ1) is 24.9. The predicted molar refractivity (Wildman–Crippen MR) is 135 cm³/mol. The van der Waals surface area contributed by atoms with Gasteiger partial charge in [-0.3, -0.25) is 4.90 Å². The molecule has 1 N–H and O–H groups in total. The van der Waals surface area contributed by atoms with E-state index in [1.54, 1.807) is 21.3 Å². The lowest BCUT2D eigenvalue weighted by atomic mass is 9.83. The zero-order valence-electron chi connectivity index (χ0n) is 19.4. The standard InChI is InChI=1S/C24H34ClN3O3S2/c1-26(2)24(29)21-6-5-20(17-22(21)25)27-11-7-18(8-12-27)16-19-9-13-28(14-10-19)33(30,31)23-4-3-15-32-23/h3-6,15,17-19,24,29H,7-14,16H2,1-2H3. The summed E-state index contributed by atoms with van der Waals surface area (Å²) in [5.74, 6) is 1.30. The Kier molecular flexibility index (Phi) is 8.03. The fourth-order valence-electron chi connectivity index (χ4n) is 5.02. The summed E-state index contributed by atoms with van der Waals surface area (Å²) in [5, 5.41) is 12.7. The molecule has 6 nitrogen and oxygen atoms in total. The lowest BCUT2D eigenvalue weighted by Crippen LogP contribution is -2.39. The molecule has 2 aromatic rings. The van der Waals surface area contributed by atoms with Crippen LogP contribution in [0.3, 0.4) is 0 Å². The molecule has 0 bridgehead atoms. The smallest absolute Gasteiger partial charge is 0.252 e. The highest BCUT2D eigenvalue weighted by Gasteiger charge is 2.31. The summed E-state index contributed by atoms with van der Waals surface area (Å²) in [5.41, 5.74) is 1.84. The Hall–Kier alpha value is -1.16. The van der Waals surface area contributed by atoms with E-state index in [2.05, 4.69) is 11.0 Å². The van der Waals surface area contributed by atoms with Crippen molar-refractivity contribution < 1.29 is 13.5 Å². The van der Waals surface area contributed by atoms with Crippen LogP contribution < -0.4 is 4.90 Å². The number of benzene rings is 1. The highest BCUT2D eigenvalue weighted by Crippen LogP contribution is 2.35. The highest BCUT2D eigenvalue weighted by atomic mass is 35.5. The van der Waals surface area contributed by atoms with Gasteiger partial charge in [0.05, 0.1) is 0 Å². The third-order valence-electron chi connectivity index (χ3n) is 7.06. The summed E-state index contributed by atoms with van der Waals surface area (Å²) in [7, 11) is 0.337. The second-order valence-electron chi connectivity index (χ2n) is 9.49. The van der Waals surface area contributed by atoms with Crippen LogP contribution in [-0.2, 0) is 10.0 Å². The van der Waals surface area contributed by atoms with Crippen molar-refractivity contribution in [1.29, 1.82) is 0 Å². The molecule has 2 aliphatic heterocycles. The van der Waals surface area contributed by atoms with Crippen LogP contribution in [0.25, 0.3) is 0 Å². The molecule has 182 valence electrons. The van der Waals surface area contributed by atoms with E-state index < -0.39 is 16.3 Å². The lowest BCUT2D eigenvalue weighted by molar-refractivity contribution is 0.0396. The maximum Gasteiger partial charge on any atom is 0.252 e. The number of nitrogens with zero attached hydrogens (tertiary/aromatic N) is 3. The lowest BCUT2D eigenvalue weighted by Gasteiger charge is -2.37. The summed E-state index contributed by atoms with van der Waals surface area (Å²) < 4.78 is 27.6. The summed E-state index contributed by atoms with van der Waals surface area (Å²) in [6.07, 6.45) is 4.69. The molecule has 1 atom stereocenters. The summed E-state index contributed by atoms with van der Waals surface area (Å²) in [6.45, 7) is 3.27. The SMILES string of the molecule is CN(C)C(O)c1ccc(N2CCC(CC3CCN(S(=O)(=O)c4cccs4)CC3)CC2)cc1Cl. The molecule has 2 fully saturated rings. The molecule has 2 aliphatic rings. The average molecular weight is 512 g/mol. The molecule has 4 rings (SSSR count). The Morgan fingerprint density at radius 3 is 2.27 bits per heavy atom. The zero-order chi connectivity index (χ0) is 23.6. The highest BCUT2D eigenvalue weighted by molar-refractivity contribution is 7.91. The van der Waals surface area contributed by atoms with Crippen LogP contribution in [0.1, 0.15) is 43.9 Å². The van der Waals surface area contributed by atoms with Crippen LogP contribution >= 0.6 is 22.9 Å². The second-order valence-corrected chi connectivity index (χ2v) is 13.0. The average Bonchev–Trinajstić information content (AvgIpc) is 3.35. The number of halogens is 1. The van der Waals surface area contributed by atoms with Gasteiger partial charge in [0.2, 0.25) is 0 Å². The molecule has 9 heteroatoms.